The number of benzene rings is 1. The minimum absolute atomic E-state index is 0.0295. The first-order chi connectivity index (χ1) is 9.58. The number of nitrogens with zero attached hydrogens (tertiary/aromatic N) is 1. The van der Waals surface area contributed by atoms with Gasteiger partial charge in [-0.15, -0.1) is 0 Å². The number of para-hydroxylation sites is 1. The van der Waals surface area contributed by atoms with E-state index in [4.69, 9.17) is 10.5 Å². The van der Waals surface area contributed by atoms with Crippen LogP contribution in [0.5, 0.6) is 0 Å². The summed E-state index contributed by atoms with van der Waals surface area (Å²) in [6, 6.07) is 8.91. The lowest BCUT2D eigenvalue weighted by atomic mass is 9.93. The minimum atomic E-state index is -0.0295. The Morgan fingerprint density at radius 1 is 1.40 bits per heavy atom. The van der Waals surface area contributed by atoms with Gasteiger partial charge in [0.2, 0.25) is 0 Å². The number of anilines is 1. The van der Waals surface area contributed by atoms with Crippen LogP contribution in [0.2, 0.25) is 0 Å². The van der Waals surface area contributed by atoms with E-state index in [9.17, 15) is 0 Å². The molecular formula is C17H28N2O. The average Bonchev–Trinajstić information content (AvgIpc) is 2.47. The highest BCUT2D eigenvalue weighted by molar-refractivity contribution is 5.54. The van der Waals surface area contributed by atoms with Gasteiger partial charge >= 0.3 is 0 Å². The number of hydrogen-bond donors (Lipinski definition) is 1. The number of nitrogens with two attached hydrogens (primary N) is 1. The highest BCUT2D eigenvalue weighted by Gasteiger charge is 2.31. The van der Waals surface area contributed by atoms with Crippen LogP contribution in [0.4, 0.5) is 5.69 Å². The molecule has 0 aliphatic carbocycles. The summed E-state index contributed by atoms with van der Waals surface area (Å²) < 4.78 is 5.71. The molecule has 2 N–H and O–H groups in total. The molecule has 2 rings (SSSR count). The fourth-order valence-corrected chi connectivity index (χ4v) is 3.00. The second kappa shape index (κ2) is 6.59. The zero-order valence-electron chi connectivity index (χ0n) is 13.1. The number of hydrogen-bond acceptors (Lipinski definition) is 3. The second-order valence-corrected chi connectivity index (χ2v) is 6.18. The Labute approximate surface area is 123 Å². The lowest BCUT2D eigenvalue weighted by Crippen LogP contribution is -2.47. The summed E-state index contributed by atoms with van der Waals surface area (Å²) in [5.41, 5.74) is 8.81. The van der Waals surface area contributed by atoms with Gasteiger partial charge in [-0.1, -0.05) is 25.1 Å². The Hall–Kier alpha value is -1.06. The Kier molecular flexibility index (Phi) is 5.06. The molecule has 1 heterocycles. The molecule has 1 saturated heterocycles. The van der Waals surface area contributed by atoms with Gasteiger partial charge in [-0.25, -0.2) is 0 Å². The fraction of sp³-hybridized carbons (Fsp3) is 0.647. The molecule has 0 bridgehead atoms. The second-order valence-electron chi connectivity index (χ2n) is 6.18. The molecule has 1 aliphatic rings. The molecule has 0 spiro atoms. The molecule has 20 heavy (non-hydrogen) atoms. The molecule has 3 nitrogen and oxygen atoms in total. The molecule has 1 fully saturated rings. The maximum Gasteiger partial charge on any atom is 0.0825 e. The quantitative estimate of drug-likeness (QED) is 0.898. The van der Waals surface area contributed by atoms with Gasteiger partial charge in [-0.2, -0.15) is 0 Å². The van der Waals surface area contributed by atoms with Crippen molar-refractivity contribution in [1.82, 2.24) is 0 Å². The molecule has 2 atom stereocenters. The summed E-state index contributed by atoms with van der Waals surface area (Å²) >= 11 is 0. The van der Waals surface area contributed by atoms with E-state index in [1.165, 1.54) is 17.7 Å². The van der Waals surface area contributed by atoms with Gasteiger partial charge in [0.25, 0.3) is 0 Å². The van der Waals surface area contributed by atoms with Crippen LogP contribution in [-0.2, 0) is 11.2 Å². The summed E-state index contributed by atoms with van der Waals surface area (Å²) in [4.78, 5) is 2.46. The van der Waals surface area contributed by atoms with E-state index in [0.717, 1.165) is 32.4 Å². The van der Waals surface area contributed by atoms with Crippen LogP contribution in [0, 0.1) is 0 Å². The summed E-state index contributed by atoms with van der Waals surface area (Å²) in [6.45, 7) is 6.43. The van der Waals surface area contributed by atoms with E-state index < -0.39 is 0 Å². The highest BCUT2D eigenvalue weighted by Crippen LogP contribution is 2.30. The normalized spacial score (nSPS) is 24.7. The van der Waals surface area contributed by atoms with Crippen molar-refractivity contribution in [3.05, 3.63) is 29.8 Å². The minimum Gasteiger partial charge on any atom is -0.377 e. The third-order valence-corrected chi connectivity index (χ3v) is 4.49. The van der Waals surface area contributed by atoms with Gasteiger partial charge < -0.3 is 15.4 Å². The molecule has 112 valence electrons. The molecule has 1 aromatic rings. The molecular weight excluding hydrogens is 248 g/mol. The predicted octanol–water partition coefficient (Wildman–Crippen LogP) is 2.97. The first-order valence-corrected chi connectivity index (χ1v) is 7.71. The first kappa shape index (κ1) is 15.3. The van der Waals surface area contributed by atoms with E-state index in [-0.39, 0.29) is 11.6 Å². The van der Waals surface area contributed by atoms with Crippen LogP contribution in [0.25, 0.3) is 0 Å². The van der Waals surface area contributed by atoms with Crippen LogP contribution < -0.4 is 10.6 Å². The van der Waals surface area contributed by atoms with Gasteiger partial charge in [-0.3, -0.25) is 0 Å². The Bertz CT molecular complexity index is 435. The van der Waals surface area contributed by atoms with Gasteiger partial charge in [0, 0.05) is 31.9 Å². The van der Waals surface area contributed by atoms with Crippen LogP contribution in [-0.4, -0.2) is 31.8 Å². The number of ether oxygens (including phenoxy) is 1. The molecule has 1 aliphatic heterocycles. The van der Waals surface area contributed by atoms with Gasteiger partial charge in [-0.05, 0) is 44.2 Å². The molecule has 1 aromatic carbocycles. The number of methoxy groups -OCH3 is 1. The smallest absolute Gasteiger partial charge is 0.0825 e. The topological polar surface area (TPSA) is 38.5 Å². The van der Waals surface area contributed by atoms with E-state index in [1.807, 2.05) is 7.11 Å². The zero-order valence-corrected chi connectivity index (χ0v) is 13.1. The third-order valence-electron chi connectivity index (χ3n) is 4.49. The van der Waals surface area contributed by atoms with Crippen LogP contribution in [0.1, 0.15) is 38.7 Å². The van der Waals surface area contributed by atoms with E-state index in [2.05, 4.69) is 43.0 Å². The summed E-state index contributed by atoms with van der Waals surface area (Å²) in [6.07, 6.45) is 4.28. The number of rotatable bonds is 5. The predicted molar refractivity (Wildman–Crippen MR) is 85.3 cm³/mol. The molecule has 0 aromatic heterocycles. The summed E-state index contributed by atoms with van der Waals surface area (Å²) in [5, 5.41) is 0. The summed E-state index contributed by atoms with van der Waals surface area (Å²) in [7, 11) is 1.82. The van der Waals surface area contributed by atoms with Crippen molar-refractivity contribution in [2.45, 2.75) is 51.2 Å². The Balaban J connectivity index is 2.19. The molecule has 3 heteroatoms. The van der Waals surface area contributed by atoms with Crippen molar-refractivity contribution < 1.29 is 4.74 Å². The van der Waals surface area contributed by atoms with Gasteiger partial charge in [0.1, 0.15) is 0 Å². The monoisotopic (exact) mass is 276 g/mol. The summed E-state index contributed by atoms with van der Waals surface area (Å²) in [5.74, 6) is 0. The van der Waals surface area contributed by atoms with Gasteiger partial charge in [0.15, 0.2) is 0 Å². The van der Waals surface area contributed by atoms with Gasteiger partial charge in [0.05, 0.1) is 5.60 Å². The van der Waals surface area contributed by atoms with Crippen LogP contribution in [0.3, 0.4) is 0 Å². The lowest BCUT2D eigenvalue weighted by Gasteiger charge is -2.41. The van der Waals surface area contributed by atoms with E-state index >= 15 is 0 Å². The Morgan fingerprint density at radius 2 is 2.15 bits per heavy atom. The van der Waals surface area contributed by atoms with E-state index in [1.54, 1.807) is 0 Å². The molecule has 0 saturated carbocycles. The molecule has 0 radical (unpaired) electrons. The fourth-order valence-electron chi connectivity index (χ4n) is 3.00. The largest absolute Gasteiger partial charge is 0.377 e. The van der Waals surface area contributed by atoms with Crippen LogP contribution in [0.15, 0.2) is 24.3 Å². The third kappa shape index (κ3) is 3.53. The van der Waals surface area contributed by atoms with Crippen LogP contribution >= 0.6 is 0 Å². The standard InChI is InChI=1S/C17H28N2O/c1-4-15(18)12-14-8-5-6-9-16(14)19-11-7-10-17(2,13-19)20-3/h5-6,8-9,15H,4,7,10-13,18H2,1-3H3. The van der Waals surface area contributed by atoms with Crippen molar-refractivity contribution in [3.63, 3.8) is 0 Å². The highest BCUT2D eigenvalue weighted by atomic mass is 16.5. The molecule has 2 unspecified atom stereocenters. The van der Waals surface area contributed by atoms with E-state index in [0.29, 0.717) is 0 Å². The SMILES string of the molecule is CCC(N)Cc1ccccc1N1CCCC(C)(OC)C1. The van der Waals surface area contributed by atoms with Crippen molar-refractivity contribution in [2.24, 2.45) is 5.73 Å². The van der Waals surface area contributed by atoms with Crippen molar-refractivity contribution in [1.29, 1.82) is 0 Å². The Morgan fingerprint density at radius 3 is 2.85 bits per heavy atom. The van der Waals surface area contributed by atoms with Crippen molar-refractivity contribution in [3.8, 4) is 0 Å². The van der Waals surface area contributed by atoms with Crippen molar-refractivity contribution >= 4 is 5.69 Å². The first-order valence-electron chi connectivity index (χ1n) is 7.71. The molecule has 0 amide bonds. The maximum atomic E-state index is 6.14. The average molecular weight is 276 g/mol. The zero-order chi connectivity index (χ0) is 14.6. The lowest BCUT2D eigenvalue weighted by molar-refractivity contribution is -0.00468. The maximum absolute atomic E-state index is 6.14. The van der Waals surface area contributed by atoms with Crippen molar-refractivity contribution in [2.75, 3.05) is 25.1 Å². The number of piperidine rings is 1.